The molecule has 1 aliphatic rings. The number of para-hydroxylation sites is 1. The molecule has 8 nitrogen and oxygen atoms in total. The SMILES string of the molecule is O=C(NCc1ccnc(OCC2CCOC2)c1)c1nc2ccccc2c(=O)[nH]1. The van der Waals surface area contributed by atoms with Gasteiger partial charge in [0.15, 0.2) is 5.82 Å². The molecule has 1 aromatic carbocycles. The highest BCUT2D eigenvalue weighted by Gasteiger charge is 2.16. The molecule has 2 N–H and O–H groups in total. The number of hydrogen-bond donors (Lipinski definition) is 2. The maximum Gasteiger partial charge on any atom is 0.287 e. The van der Waals surface area contributed by atoms with Crippen LogP contribution in [0.15, 0.2) is 47.4 Å². The van der Waals surface area contributed by atoms with Crippen LogP contribution in [0.4, 0.5) is 0 Å². The molecule has 2 aromatic heterocycles. The average molecular weight is 380 g/mol. The summed E-state index contributed by atoms with van der Waals surface area (Å²) in [6.07, 6.45) is 2.63. The molecule has 28 heavy (non-hydrogen) atoms. The van der Waals surface area contributed by atoms with Gasteiger partial charge in [0.25, 0.3) is 11.5 Å². The van der Waals surface area contributed by atoms with Crippen molar-refractivity contribution >= 4 is 16.8 Å². The lowest BCUT2D eigenvalue weighted by atomic mass is 10.1. The zero-order chi connectivity index (χ0) is 19.3. The van der Waals surface area contributed by atoms with Gasteiger partial charge in [0, 0.05) is 31.3 Å². The lowest BCUT2D eigenvalue weighted by molar-refractivity contribution is 0.0940. The molecule has 1 atom stereocenters. The van der Waals surface area contributed by atoms with Crippen molar-refractivity contribution in [2.75, 3.05) is 19.8 Å². The summed E-state index contributed by atoms with van der Waals surface area (Å²) in [4.78, 5) is 35.4. The van der Waals surface area contributed by atoms with E-state index in [1.165, 1.54) is 0 Å². The third kappa shape index (κ3) is 4.17. The number of ether oxygens (including phenoxy) is 2. The van der Waals surface area contributed by atoms with Gasteiger partial charge in [0.1, 0.15) is 0 Å². The van der Waals surface area contributed by atoms with Crippen LogP contribution in [-0.4, -0.2) is 40.7 Å². The van der Waals surface area contributed by atoms with Gasteiger partial charge in [0.2, 0.25) is 5.88 Å². The molecule has 1 fully saturated rings. The molecule has 144 valence electrons. The molecule has 0 aliphatic carbocycles. The Kier molecular flexibility index (Phi) is 5.29. The van der Waals surface area contributed by atoms with Crippen molar-refractivity contribution in [1.82, 2.24) is 20.3 Å². The molecule has 0 spiro atoms. The quantitative estimate of drug-likeness (QED) is 0.674. The zero-order valence-corrected chi connectivity index (χ0v) is 15.2. The van der Waals surface area contributed by atoms with Gasteiger partial charge in [0.05, 0.1) is 24.1 Å². The smallest absolute Gasteiger partial charge is 0.287 e. The number of nitrogens with one attached hydrogen (secondary N) is 2. The summed E-state index contributed by atoms with van der Waals surface area (Å²) in [7, 11) is 0. The number of nitrogens with zero attached hydrogens (tertiary/aromatic N) is 2. The van der Waals surface area contributed by atoms with Gasteiger partial charge >= 0.3 is 0 Å². The first kappa shape index (κ1) is 18.1. The highest BCUT2D eigenvalue weighted by molar-refractivity contribution is 5.92. The van der Waals surface area contributed by atoms with Crippen LogP contribution in [0, 0.1) is 5.92 Å². The van der Waals surface area contributed by atoms with Crippen LogP contribution in [0.25, 0.3) is 10.9 Å². The molecule has 1 amide bonds. The van der Waals surface area contributed by atoms with Gasteiger partial charge in [-0.1, -0.05) is 12.1 Å². The van der Waals surface area contributed by atoms with E-state index in [0.717, 1.165) is 18.6 Å². The van der Waals surface area contributed by atoms with E-state index in [9.17, 15) is 9.59 Å². The highest BCUT2D eigenvalue weighted by Crippen LogP contribution is 2.15. The monoisotopic (exact) mass is 380 g/mol. The Morgan fingerprint density at radius 2 is 2.21 bits per heavy atom. The standard InChI is InChI=1S/C20H20N4O4/c25-19-15-3-1-2-4-16(15)23-18(24-19)20(26)22-10-13-5-7-21-17(9-13)28-12-14-6-8-27-11-14/h1-5,7,9,14H,6,8,10-12H2,(H,22,26)(H,23,24,25). The second kappa shape index (κ2) is 8.18. The summed E-state index contributed by atoms with van der Waals surface area (Å²) < 4.78 is 11.1. The fourth-order valence-corrected chi connectivity index (χ4v) is 3.02. The summed E-state index contributed by atoms with van der Waals surface area (Å²) in [6, 6.07) is 10.5. The van der Waals surface area contributed by atoms with Crippen LogP contribution >= 0.6 is 0 Å². The normalized spacial score (nSPS) is 16.2. The fraction of sp³-hybridized carbons (Fsp3) is 0.300. The summed E-state index contributed by atoms with van der Waals surface area (Å²) in [6.45, 7) is 2.32. The van der Waals surface area contributed by atoms with E-state index in [2.05, 4.69) is 20.3 Å². The topological polar surface area (TPSA) is 106 Å². The molecule has 3 heterocycles. The number of pyridine rings is 1. The first-order valence-corrected chi connectivity index (χ1v) is 9.12. The van der Waals surface area contributed by atoms with E-state index in [1.807, 2.05) is 0 Å². The number of aromatic amines is 1. The molecule has 8 heteroatoms. The lowest BCUT2D eigenvalue weighted by Gasteiger charge is -2.11. The molecule has 0 bridgehead atoms. The number of fused-ring (bicyclic) bond motifs is 1. The van der Waals surface area contributed by atoms with Crippen molar-refractivity contribution in [2.24, 2.45) is 5.92 Å². The van der Waals surface area contributed by atoms with Crippen LogP contribution < -0.4 is 15.6 Å². The highest BCUT2D eigenvalue weighted by atomic mass is 16.5. The number of carbonyl (C=O) groups excluding carboxylic acids is 1. The van der Waals surface area contributed by atoms with Gasteiger partial charge in [-0.25, -0.2) is 9.97 Å². The van der Waals surface area contributed by atoms with Crippen LogP contribution in [0.5, 0.6) is 5.88 Å². The van der Waals surface area contributed by atoms with Crippen molar-refractivity contribution in [2.45, 2.75) is 13.0 Å². The van der Waals surface area contributed by atoms with E-state index in [0.29, 0.717) is 35.9 Å². The van der Waals surface area contributed by atoms with Crippen LogP contribution in [-0.2, 0) is 11.3 Å². The number of benzene rings is 1. The Morgan fingerprint density at radius 3 is 3.07 bits per heavy atom. The van der Waals surface area contributed by atoms with Crippen molar-refractivity contribution in [1.29, 1.82) is 0 Å². The van der Waals surface area contributed by atoms with Crippen molar-refractivity contribution < 1.29 is 14.3 Å². The van der Waals surface area contributed by atoms with Gasteiger partial charge in [-0.15, -0.1) is 0 Å². The summed E-state index contributed by atoms with van der Waals surface area (Å²) in [5.74, 6) is 0.428. The maximum absolute atomic E-state index is 12.4. The van der Waals surface area contributed by atoms with Gasteiger partial charge in [-0.2, -0.15) is 0 Å². The minimum atomic E-state index is -0.453. The van der Waals surface area contributed by atoms with Gasteiger partial charge in [-0.3, -0.25) is 9.59 Å². The Bertz CT molecular complexity index is 1040. The van der Waals surface area contributed by atoms with Gasteiger partial charge < -0.3 is 19.8 Å². The summed E-state index contributed by atoms with van der Waals surface area (Å²) >= 11 is 0. The molecule has 1 saturated heterocycles. The van der Waals surface area contributed by atoms with Crippen molar-refractivity contribution in [3.05, 3.63) is 64.3 Å². The predicted octanol–water partition coefficient (Wildman–Crippen LogP) is 1.66. The molecular weight excluding hydrogens is 360 g/mol. The number of carbonyl (C=O) groups is 1. The minimum absolute atomic E-state index is 0.0181. The Balaban J connectivity index is 1.39. The predicted molar refractivity (Wildman–Crippen MR) is 102 cm³/mol. The first-order valence-electron chi connectivity index (χ1n) is 9.12. The van der Waals surface area contributed by atoms with E-state index in [1.54, 1.807) is 42.6 Å². The summed E-state index contributed by atoms with van der Waals surface area (Å²) in [5, 5.41) is 3.20. The van der Waals surface area contributed by atoms with Crippen LogP contribution in [0.1, 0.15) is 22.6 Å². The average Bonchev–Trinajstić information content (AvgIpc) is 3.24. The minimum Gasteiger partial charge on any atom is -0.477 e. The molecule has 1 unspecified atom stereocenters. The number of aromatic nitrogens is 3. The van der Waals surface area contributed by atoms with Crippen molar-refractivity contribution in [3.8, 4) is 5.88 Å². The molecule has 1 aliphatic heterocycles. The summed E-state index contributed by atoms with van der Waals surface area (Å²) in [5.41, 5.74) is 0.974. The van der Waals surface area contributed by atoms with E-state index < -0.39 is 5.91 Å². The number of H-pyrrole nitrogens is 1. The third-order valence-corrected chi connectivity index (χ3v) is 4.57. The second-order valence-electron chi connectivity index (χ2n) is 6.66. The molecule has 4 rings (SSSR count). The fourth-order valence-electron chi connectivity index (χ4n) is 3.02. The van der Waals surface area contributed by atoms with E-state index >= 15 is 0 Å². The number of amides is 1. The van der Waals surface area contributed by atoms with Gasteiger partial charge in [-0.05, 0) is 30.2 Å². The Labute approximate surface area is 160 Å². The van der Waals surface area contributed by atoms with Crippen LogP contribution in [0.3, 0.4) is 0 Å². The molecule has 3 aromatic rings. The maximum atomic E-state index is 12.4. The lowest BCUT2D eigenvalue weighted by Crippen LogP contribution is -2.27. The van der Waals surface area contributed by atoms with Crippen LogP contribution in [0.2, 0.25) is 0 Å². The Morgan fingerprint density at radius 1 is 1.32 bits per heavy atom. The molecule has 0 radical (unpaired) electrons. The largest absolute Gasteiger partial charge is 0.477 e. The van der Waals surface area contributed by atoms with E-state index in [4.69, 9.17) is 9.47 Å². The number of hydrogen-bond acceptors (Lipinski definition) is 6. The molecular formula is C20H20N4O4. The Hall–Kier alpha value is -3.26. The zero-order valence-electron chi connectivity index (χ0n) is 15.2. The molecule has 0 saturated carbocycles. The first-order chi connectivity index (χ1) is 13.7. The van der Waals surface area contributed by atoms with E-state index in [-0.39, 0.29) is 17.9 Å². The second-order valence-corrected chi connectivity index (χ2v) is 6.66. The third-order valence-electron chi connectivity index (χ3n) is 4.57. The number of rotatable bonds is 6. The van der Waals surface area contributed by atoms with Crippen molar-refractivity contribution in [3.63, 3.8) is 0 Å².